The molecule has 4 aromatic heterocycles. The predicted molar refractivity (Wildman–Crippen MR) is 372 cm³/mol. The van der Waals surface area contributed by atoms with Crippen molar-refractivity contribution in [3.8, 4) is 40.6 Å². The van der Waals surface area contributed by atoms with Gasteiger partial charge < -0.3 is 80.8 Å². The zero-order valence-electron chi connectivity index (χ0n) is 55.2. The summed E-state index contributed by atoms with van der Waals surface area (Å²) in [6.45, 7) is 5.38. The number of rotatable bonds is 18. The zero-order chi connectivity index (χ0) is 69.1. The van der Waals surface area contributed by atoms with Gasteiger partial charge in [0.1, 0.15) is 48.6 Å². The molecule has 4 aliphatic heterocycles. The van der Waals surface area contributed by atoms with Gasteiger partial charge in [0.2, 0.25) is 35.4 Å². The molecule has 0 radical (unpaired) electrons. The smallest absolute Gasteiger partial charge is 0.411 e. The maximum absolute atomic E-state index is 11.7. The summed E-state index contributed by atoms with van der Waals surface area (Å²) in [7, 11) is 9.08. The molecule has 0 bridgehead atoms. The molecule has 8 heterocycles. The van der Waals surface area contributed by atoms with Crippen LogP contribution in [0.2, 0.25) is 0 Å². The van der Waals surface area contributed by atoms with Gasteiger partial charge in [0.05, 0.1) is 76.3 Å². The summed E-state index contributed by atoms with van der Waals surface area (Å²) in [5.74, 6) is 5.10. The normalized spacial score (nSPS) is 17.2. The van der Waals surface area contributed by atoms with Crippen LogP contribution < -0.4 is 81.4 Å². The average Bonchev–Trinajstić information content (AvgIpc) is 1.64. The molecule has 97 heavy (non-hydrogen) atoms. The Bertz CT molecular complexity index is 4090. The lowest BCUT2D eigenvalue weighted by Gasteiger charge is -2.32. The van der Waals surface area contributed by atoms with E-state index in [4.69, 9.17) is 44.6 Å². The van der Waals surface area contributed by atoms with Crippen LogP contribution in [0.15, 0.2) is 103 Å². The van der Waals surface area contributed by atoms with Crippen molar-refractivity contribution in [2.75, 3.05) is 103 Å². The number of anilines is 4. The zero-order valence-corrected chi connectivity index (χ0v) is 56.0. The van der Waals surface area contributed by atoms with Crippen LogP contribution in [0.1, 0.15) is 68.6 Å². The number of carbonyl (C=O) groups is 6. The van der Waals surface area contributed by atoms with Gasteiger partial charge in [-0.1, -0.05) is 18.7 Å². The molecule has 6 amide bonds. The number of aromatic nitrogens is 4. The Morgan fingerprint density at radius 2 is 0.979 bits per heavy atom. The second kappa shape index (κ2) is 33.5. The Balaban J connectivity index is 0.000000152. The third-order valence-corrected chi connectivity index (χ3v) is 16.8. The monoisotopic (exact) mass is 1350 g/mol. The van der Waals surface area contributed by atoms with Crippen molar-refractivity contribution in [3.05, 3.63) is 103 Å². The number of primary amides is 1. The molecule has 0 spiro atoms. The molecule has 4 fully saturated rings. The Kier molecular flexibility index (Phi) is 24.3. The van der Waals surface area contributed by atoms with Crippen LogP contribution >= 0.6 is 11.8 Å². The minimum atomic E-state index is -0.583. The maximum atomic E-state index is 11.7. The number of methoxy groups -OCH3 is 5. The number of pyridine rings is 4. The second-order valence-corrected chi connectivity index (χ2v) is 23.7. The molecule has 0 unspecified atom stereocenters. The number of carbonyl (C=O) groups excluding carboxylic acids is 6. The molecular formula is C68H80N14O14S. The highest BCUT2D eigenvalue weighted by atomic mass is 32.2. The van der Waals surface area contributed by atoms with Crippen LogP contribution in [0.5, 0.6) is 40.6 Å². The number of nitrogens with zero attached hydrogens (tertiary/aromatic N) is 6. The standard InChI is InChI=1S/C17H21N5O3.C17H19N3O5.C17H19N3O4S.C17H21N3O2/c1-19-17(18)22-13-7-10-5-6-20-16(12(10)8-14(13)24-2)25-9-11-3-4-15(23)21-11;1-23-14-8-12-10(7-13(14)20-17(22)24-2)5-6-18-16(12)25-9-11-3-4-15(21)19-11;1-23-14-8-12-10(7-13(14)20-17(22)25-2)5-6-18-16(12)24-9-11-3-4-15(21)19-11;1-11-4-3-7-20(10-11)17-13-9-15(22-2)14(16(18)21)8-12(13)5-6-19-17/h5-8,11H,3-4,9H2,1-2H3,(H,21,23)(H3,18,19,22);2*5-8,11H,3-4,9H2,1-2H3,(H,19,21)(H,20,22);5-6,8-9,11H,3-4,7,10H2,1-2H3,(H2,18,21)/t4*11-/m0000/s1. The fraction of sp³-hybridized carbons (Fsp3) is 0.368. The first-order valence-electron chi connectivity index (χ1n) is 31.3. The first kappa shape index (κ1) is 70.5. The largest absolute Gasteiger partial charge is 0.496 e. The van der Waals surface area contributed by atoms with Crippen molar-refractivity contribution in [3.63, 3.8) is 0 Å². The number of hydrogen-bond donors (Lipinski definition) is 8. The summed E-state index contributed by atoms with van der Waals surface area (Å²) in [5.41, 5.74) is 13.4. The fourth-order valence-electron chi connectivity index (χ4n) is 11.3. The molecule has 4 saturated heterocycles. The molecule has 8 aromatic rings. The predicted octanol–water partition coefficient (Wildman–Crippen LogP) is 8.71. The number of amides is 6. The van der Waals surface area contributed by atoms with E-state index in [2.05, 4.69) is 73.4 Å². The van der Waals surface area contributed by atoms with Gasteiger partial charge in [-0.3, -0.25) is 34.3 Å². The Hall–Kier alpha value is -10.8. The van der Waals surface area contributed by atoms with E-state index in [0.29, 0.717) is 114 Å². The lowest BCUT2D eigenvalue weighted by molar-refractivity contribution is -0.120. The highest BCUT2D eigenvalue weighted by Crippen LogP contribution is 2.38. The number of nitrogens with one attached hydrogen (secondary N) is 6. The van der Waals surface area contributed by atoms with Gasteiger partial charge in [-0.15, -0.1) is 0 Å². The fourth-order valence-corrected chi connectivity index (χ4v) is 11.5. The first-order valence-corrected chi connectivity index (χ1v) is 32.5. The Morgan fingerprint density at radius 3 is 1.36 bits per heavy atom. The van der Waals surface area contributed by atoms with Gasteiger partial charge in [0, 0.05) is 85.7 Å². The molecule has 0 aliphatic carbocycles. The third kappa shape index (κ3) is 18.3. The minimum absolute atomic E-state index is 0.00610. The molecule has 4 atom stereocenters. The van der Waals surface area contributed by atoms with Crippen LogP contribution in [-0.4, -0.2) is 161 Å². The summed E-state index contributed by atoms with van der Waals surface area (Å²) in [6.07, 6.45) is 14.2. The van der Waals surface area contributed by atoms with E-state index in [1.165, 1.54) is 27.1 Å². The van der Waals surface area contributed by atoms with Crippen LogP contribution in [-0.2, 0) is 19.1 Å². The van der Waals surface area contributed by atoms with E-state index >= 15 is 0 Å². The Labute approximate surface area is 564 Å². The minimum Gasteiger partial charge on any atom is -0.496 e. The molecule has 512 valence electrons. The van der Waals surface area contributed by atoms with Gasteiger partial charge in [0.15, 0.2) is 5.96 Å². The number of piperidine rings is 1. The average molecular weight is 1350 g/mol. The lowest BCUT2D eigenvalue weighted by Crippen LogP contribution is -2.34. The van der Waals surface area contributed by atoms with E-state index < -0.39 is 12.0 Å². The number of aliphatic imine (C=N–C) groups is 1. The summed E-state index contributed by atoms with van der Waals surface area (Å²) in [4.78, 5) is 92.2. The first-order chi connectivity index (χ1) is 46.9. The van der Waals surface area contributed by atoms with Gasteiger partial charge in [-0.05, 0) is 139 Å². The number of thioether (sulfide) groups is 1. The number of benzene rings is 4. The van der Waals surface area contributed by atoms with Crippen molar-refractivity contribution < 1.29 is 66.7 Å². The van der Waals surface area contributed by atoms with Crippen LogP contribution in [0.4, 0.5) is 32.5 Å². The van der Waals surface area contributed by atoms with Crippen LogP contribution in [0, 0.1) is 5.92 Å². The topological polar surface area (TPSA) is 368 Å². The van der Waals surface area contributed by atoms with Crippen molar-refractivity contribution in [1.29, 1.82) is 0 Å². The highest BCUT2D eigenvalue weighted by molar-refractivity contribution is 8.13. The number of nitrogens with two attached hydrogens (primary N) is 2. The summed E-state index contributed by atoms with van der Waals surface area (Å²) >= 11 is 1.09. The molecule has 12 rings (SSSR count). The number of hydrogen-bond acceptors (Lipinski definition) is 21. The lowest BCUT2D eigenvalue weighted by atomic mass is 9.99. The number of fused-ring (bicyclic) bond motifs is 4. The van der Waals surface area contributed by atoms with Gasteiger partial charge >= 0.3 is 6.09 Å². The van der Waals surface area contributed by atoms with Crippen molar-refractivity contribution in [2.24, 2.45) is 22.4 Å². The van der Waals surface area contributed by atoms with E-state index in [1.54, 1.807) is 89.8 Å². The molecule has 4 aromatic carbocycles. The van der Waals surface area contributed by atoms with Gasteiger partial charge in [0.25, 0.3) is 11.1 Å². The summed E-state index contributed by atoms with van der Waals surface area (Å²) in [5, 5.41) is 23.8. The highest BCUT2D eigenvalue weighted by Gasteiger charge is 2.26. The van der Waals surface area contributed by atoms with Gasteiger partial charge in [-0.25, -0.2) is 24.7 Å². The quantitative estimate of drug-likeness (QED) is 0.0294. The summed E-state index contributed by atoms with van der Waals surface area (Å²) in [6, 6.07) is 22.0. The van der Waals surface area contributed by atoms with Crippen molar-refractivity contribution >= 4 is 119 Å². The molecule has 28 nitrogen and oxygen atoms in total. The number of ether oxygens (including phenoxy) is 8. The Morgan fingerprint density at radius 1 is 0.567 bits per heavy atom. The van der Waals surface area contributed by atoms with Gasteiger partial charge in [-0.2, -0.15) is 0 Å². The molecule has 29 heteroatoms. The maximum Gasteiger partial charge on any atom is 0.411 e. The van der Waals surface area contributed by atoms with E-state index in [1.807, 2.05) is 42.5 Å². The molecule has 10 N–H and O–H groups in total. The number of guanidine groups is 1. The SMILES string of the molecule is CN=C(N)Nc1cc2ccnc(OC[C@@H]3CCC(=O)N3)c2cc1OC.COC(=O)Nc1cc2ccnc(OC[C@@H]3CCC(=O)N3)c2cc1OC.COc1cc2c(N3CCC[C@H](C)C3)nccc2cc1C(N)=O.COc1cc2c(OC[C@@H]3CCC(=O)N3)nccc2cc1NC(=O)SC. The van der Waals surface area contributed by atoms with Crippen molar-refractivity contribution in [2.45, 2.75) is 76.4 Å². The molecule has 0 saturated carbocycles. The van der Waals surface area contributed by atoms with E-state index in [0.717, 1.165) is 93.0 Å². The van der Waals surface area contributed by atoms with E-state index in [9.17, 15) is 28.8 Å². The summed E-state index contributed by atoms with van der Waals surface area (Å²) < 4.78 is 43.6. The van der Waals surface area contributed by atoms with Crippen LogP contribution in [0.25, 0.3) is 43.1 Å². The van der Waals surface area contributed by atoms with Crippen LogP contribution in [0.3, 0.4) is 0 Å². The van der Waals surface area contributed by atoms with Crippen molar-refractivity contribution in [1.82, 2.24) is 35.9 Å². The molecular weight excluding hydrogens is 1270 g/mol. The third-order valence-electron chi connectivity index (χ3n) is 16.3. The molecule has 4 aliphatic rings. The van der Waals surface area contributed by atoms with E-state index in [-0.39, 0.29) is 41.1 Å². The second-order valence-electron chi connectivity index (χ2n) is 22.9.